The van der Waals surface area contributed by atoms with Crippen molar-refractivity contribution in [3.8, 4) is 5.75 Å². The van der Waals surface area contributed by atoms with Crippen LogP contribution >= 0.6 is 11.6 Å². The number of hydrogen-bond donors (Lipinski definition) is 1. The van der Waals surface area contributed by atoms with Crippen LogP contribution in [-0.2, 0) is 4.79 Å². The van der Waals surface area contributed by atoms with Crippen LogP contribution in [0.1, 0.15) is 17.6 Å². The Hall–Kier alpha value is -1.98. The average Bonchev–Trinajstić information content (AvgIpc) is 2.92. The minimum Gasteiger partial charge on any atom is -0.482 e. The lowest BCUT2D eigenvalue weighted by atomic mass is 10.2. The molecule has 0 fully saturated rings. The number of rotatable bonds is 7. The van der Waals surface area contributed by atoms with Crippen molar-refractivity contribution in [2.24, 2.45) is 0 Å². The first kappa shape index (κ1) is 17.4. The number of amides is 1. The third kappa shape index (κ3) is 5.01. The summed E-state index contributed by atoms with van der Waals surface area (Å²) in [6.45, 7) is 2.25. The molecule has 2 aromatic rings. The summed E-state index contributed by atoms with van der Waals surface area (Å²) >= 11 is 5.98. The molecule has 0 unspecified atom stereocenters. The molecule has 1 aromatic heterocycles. The van der Waals surface area contributed by atoms with Gasteiger partial charge >= 0.3 is 0 Å². The molecular weight excluding hydrogens is 316 g/mol. The largest absolute Gasteiger partial charge is 0.482 e. The van der Waals surface area contributed by atoms with Crippen LogP contribution in [0.2, 0.25) is 5.02 Å². The summed E-state index contributed by atoms with van der Waals surface area (Å²) in [5.41, 5.74) is 0. The molecule has 1 N–H and O–H groups in total. The van der Waals surface area contributed by atoms with Crippen molar-refractivity contribution in [3.05, 3.63) is 52.9 Å². The van der Waals surface area contributed by atoms with Gasteiger partial charge in [-0.05, 0) is 45.3 Å². The number of halogens is 1. The van der Waals surface area contributed by atoms with Crippen molar-refractivity contribution in [2.45, 2.75) is 13.0 Å². The second-order valence-corrected chi connectivity index (χ2v) is 5.86. The van der Waals surface area contributed by atoms with Gasteiger partial charge < -0.3 is 14.5 Å². The number of benzene rings is 1. The number of nitrogens with one attached hydrogen (secondary N) is 1. The maximum atomic E-state index is 12.0. The molecule has 0 bridgehead atoms. The van der Waals surface area contributed by atoms with Gasteiger partial charge in [0.05, 0.1) is 11.1 Å². The summed E-state index contributed by atoms with van der Waals surface area (Å²) in [6.07, 6.45) is 0. The van der Waals surface area contributed by atoms with Crippen LogP contribution in [0.3, 0.4) is 0 Å². The van der Waals surface area contributed by atoms with E-state index in [2.05, 4.69) is 5.32 Å². The fourth-order valence-corrected chi connectivity index (χ4v) is 2.33. The van der Waals surface area contributed by atoms with Gasteiger partial charge in [-0.2, -0.15) is 0 Å². The second kappa shape index (κ2) is 8.04. The van der Waals surface area contributed by atoms with Crippen LogP contribution in [0.5, 0.6) is 5.75 Å². The van der Waals surface area contributed by atoms with E-state index in [1.54, 1.807) is 18.2 Å². The Morgan fingerprint density at radius 3 is 2.65 bits per heavy atom. The molecular formula is C17H21ClN2O3. The molecule has 0 saturated carbocycles. The molecule has 23 heavy (non-hydrogen) atoms. The van der Waals surface area contributed by atoms with E-state index < -0.39 is 0 Å². The molecule has 1 aromatic carbocycles. The first-order chi connectivity index (χ1) is 11.0. The lowest BCUT2D eigenvalue weighted by Gasteiger charge is -2.22. The highest BCUT2D eigenvalue weighted by atomic mass is 35.5. The van der Waals surface area contributed by atoms with E-state index >= 15 is 0 Å². The number of ether oxygens (including phenoxy) is 1. The molecule has 124 valence electrons. The van der Waals surface area contributed by atoms with Gasteiger partial charge in [0, 0.05) is 6.54 Å². The summed E-state index contributed by atoms with van der Waals surface area (Å²) in [4.78, 5) is 14.0. The molecule has 0 aliphatic heterocycles. The molecule has 0 aliphatic carbocycles. The lowest BCUT2D eigenvalue weighted by molar-refractivity contribution is -0.123. The molecule has 1 atom stereocenters. The number of carbonyl (C=O) groups is 1. The second-order valence-electron chi connectivity index (χ2n) is 5.45. The Bertz CT molecular complexity index is 655. The van der Waals surface area contributed by atoms with Crippen LogP contribution in [0.25, 0.3) is 0 Å². The Morgan fingerprint density at radius 2 is 2.04 bits per heavy atom. The maximum absolute atomic E-state index is 12.0. The Labute approximate surface area is 141 Å². The standard InChI is InChI=1S/C17H21ClN2O3/c1-12-8-9-16(23-12)14(20(2)3)10-19-17(21)11-22-15-7-5-4-6-13(15)18/h4-9,14H,10-11H2,1-3H3,(H,19,21)/t14-/m1/s1. The zero-order valence-corrected chi connectivity index (χ0v) is 14.3. The van der Waals surface area contributed by atoms with Gasteiger partial charge in [-0.15, -0.1) is 0 Å². The predicted molar refractivity (Wildman–Crippen MR) is 89.8 cm³/mol. The molecule has 5 nitrogen and oxygen atoms in total. The van der Waals surface area contributed by atoms with E-state index in [-0.39, 0.29) is 18.6 Å². The van der Waals surface area contributed by atoms with Crippen molar-refractivity contribution < 1.29 is 13.9 Å². The SMILES string of the molecule is Cc1ccc([C@@H](CNC(=O)COc2ccccc2Cl)N(C)C)o1. The van der Waals surface area contributed by atoms with Crippen LogP contribution in [0.4, 0.5) is 0 Å². The van der Waals surface area contributed by atoms with Gasteiger partial charge in [0.15, 0.2) is 6.61 Å². The van der Waals surface area contributed by atoms with E-state index in [1.165, 1.54) is 0 Å². The number of aryl methyl sites for hydroxylation is 1. The van der Waals surface area contributed by atoms with Gasteiger partial charge in [0.1, 0.15) is 17.3 Å². The van der Waals surface area contributed by atoms with Crippen LogP contribution in [0, 0.1) is 6.92 Å². The predicted octanol–water partition coefficient (Wildman–Crippen LogP) is 3.04. The van der Waals surface area contributed by atoms with E-state index in [0.29, 0.717) is 17.3 Å². The molecule has 0 spiro atoms. The number of nitrogens with zero attached hydrogens (tertiary/aromatic N) is 1. The summed E-state index contributed by atoms with van der Waals surface area (Å²) in [5, 5.41) is 3.34. The molecule has 0 radical (unpaired) electrons. The highest BCUT2D eigenvalue weighted by molar-refractivity contribution is 6.32. The Morgan fingerprint density at radius 1 is 1.30 bits per heavy atom. The highest BCUT2D eigenvalue weighted by Crippen LogP contribution is 2.23. The first-order valence-corrected chi connectivity index (χ1v) is 7.72. The van der Waals surface area contributed by atoms with E-state index in [0.717, 1.165) is 11.5 Å². The zero-order valence-electron chi connectivity index (χ0n) is 13.5. The molecule has 2 rings (SSSR count). The highest BCUT2D eigenvalue weighted by Gasteiger charge is 2.18. The summed E-state index contributed by atoms with van der Waals surface area (Å²) in [7, 11) is 3.88. The molecule has 0 saturated heterocycles. The Kier molecular flexibility index (Phi) is 6.07. The molecule has 1 amide bonds. The van der Waals surface area contributed by atoms with E-state index in [4.69, 9.17) is 20.8 Å². The molecule has 1 heterocycles. The maximum Gasteiger partial charge on any atom is 0.258 e. The van der Waals surface area contributed by atoms with Crippen molar-refractivity contribution in [1.29, 1.82) is 0 Å². The minimum atomic E-state index is -0.208. The fourth-order valence-electron chi connectivity index (χ4n) is 2.14. The van der Waals surface area contributed by atoms with Crippen molar-refractivity contribution >= 4 is 17.5 Å². The summed E-state index contributed by atoms with van der Waals surface area (Å²) < 4.78 is 11.1. The van der Waals surface area contributed by atoms with Crippen LogP contribution in [0.15, 0.2) is 40.8 Å². The van der Waals surface area contributed by atoms with Gasteiger partial charge in [0.2, 0.25) is 0 Å². The Balaban J connectivity index is 1.86. The number of carbonyl (C=O) groups excluding carboxylic acids is 1. The van der Waals surface area contributed by atoms with Gasteiger partial charge in [-0.25, -0.2) is 0 Å². The van der Waals surface area contributed by atoms with Crippen LogP contribution < -0.4 is 10.1 Å². The third-order valence-electron chi connectivity index (χ3n) is 3.40. The monoisotopic (exact) mass is 336 g/mol. The number of para-hydroxylation sites is 1. The number of furan rings is 1. The molecule has 6 heteroatoms. The van der Waals surface area contributed by atoms with Crippen molar-refractivity contribution in [1.82, 2.24) is 10.2 Å². The third-order valence-corrected chi connectivity index (χ3v) is 3.71. The van der Waals surface area contributed by atoms with Gasteiger partial charge in [-0.3, -0.25) is 9.69 Å². The van der Waals surface area contributed by atoms with Crippen LogP contribution in [-0.4, -0.2) is 38.1 Å². The smallest absolute Gasteiger partial charge is 0.258 e. The number of hydrogen-bond acceptors (Lipinski definition) is 4. The van der Waals surface area contributed by atoms with Crippen molar-refractivity contribution in [3.63, 3.8) is 0 Å². The quantitative estimate of drug-likeness (QED) is 0.844. The van der Waals surface area contributed by atoms with Gasteiger partial charge in [0.25, 0.3) is 5.91 Å². The lowest BCUT2D eigenvalue weighted by Crippen LogP contribution is -2.36. The summed E-state index contributed by atoms with van der Waals surface area (Å²) in [5.74, 6) is 1.95. The normalized spacial score (nSPS) is 12.2. The minimum absolute atomic E-state index is 0.0343. The van der Waals surface area contributed by atoms with Gasteiger partial charge in [-0.1, -0.05) is 23.7 Å². The van der Waals surface area contributed by atoms with Crippen molar-refractivity contribution in [2.75, 3.05) is 27.2 Å². The fraction of sp³-hybridized carbons (Fsp3) is 0.353. The molecule has 0 aliphatic rings. The zero-order chi connectivity index (χ0) is 16.8. The average molecular weight is 337 g/mol. The number of likely N-dealkylation sites (N-methyl/N-ethyl adjacent to an activating group) is 1. The van der Waals surface area contributed by atoms with E-state index in [1.807, 2.05) is 44.1 Å². The topological polar surface area (TPSA) is 54.7 Å². The summed E-state index contributed by atoms with van der Waals surface area (Å²) in [6, 6.07) is 10.9. The first-order valence-electron chi connectivity index (χ1n) is 7.34. The van der Waals surface area contributed by atoms with E-state index in [9.17, 15) is 4.79 Å².